The highest BCUT2D eigenvalue weighted by Crippen LogP contribution is 2.54. The number of aromatic hydroxyl groups is 1. The topological polar surface area (TPSA) is 55.8 Å². The van der Waals surface area contributed by atoms with Crippen LogP contribution in [0.2, 0.25) is 0 Å². The standard InChI is InChI=1S/C24H16O4P2/c25-21-13-5-1-9-17(21)19-11-3-7-15-23(19)29(26)28-30-24-16-8-4-12-20(24)18-10-2-6-14-22(18)27-30/h1-16H/p+1. The van der Waals surface area contributed by atoms with Crippen LogP contribution in [0.4, 0.5) is 0 Å². The van der Waals surface area contributed by atoms with Gasteiger partial charge in [-0.25, -0.2) is 0 Å². The quantitative estimate of drug-likeness (QED) is 0.395. The Kier molecular flexibility index (Phi) is 5.06. The van der Waals surface area contributed by atoms with Gasteiger partial charge >= 0.3 is 16.4 Å². The van der Waals surface area contributed by atoms with Gasteiger partial charge in [0.1, 0.15) is 11.5 Å². The Morgan fingerprint density at radius 3 is 2.10 bits per heavy atom. The molecule has 146 valence electrons. The lowest BCUT2D eigenvalue weighted by Gasteiger charge is -2.23. The summed E-state index contributed by atoms with van der Waals surface area (Å²) in [4.78, 5) is 0. The zero-order valence-corrected chi connectivity index (χ0v) is 17.6. The lowest BCUT2D eigenvalue weighted by Crippen LogP contribution is -2.15. The van der Waals surface area contributed by atoms with Crippen LogP contribution in [0.1, 0.15) is 0 Å². The number of fused-ring (bicyclic) bond motifs is 3. The van der Waals surface area contributed by atoms with Gasteiger partial charge in [-0.1, -0.05) is 71.0 Å². The van der Waals surface area contributed by atoms with Crippen molar-refractivity contribution in [2.75, 3.05) is 0 Å². The summed E-state index contributed by atoms with van der Waals surface area (Å²) < 4.78 is 25.5. The molecular weight excluding hydrogens is 414 g/mol. The highest BCUT2D eigenvalue weighted by molar-refractivity contribution is 7.66. The Morgan fingerprint density at radius 2 is 1.30 bits per heavy atom. The molecule has 0 bridgehead atoms. The van der Waals surface area contributed by atoms with Gasteiger partial charge in [-0.3, -0.25) is 0 Å². The maximum absolute atomic E-state index is 13.3. The molecule has 4 aromatic rings. The Labute approximate surface area is 176 Å². The molecule has 0 saturated heterocycles. The average Bonchev–Trinajstić information content (AvgIpc) is 2.79. The van der Waals surface area contributed by atoms with Crippen LogP contribution in [0.5, 0.6) is 11.5 Å². The molecule has 0 radical (unpaired) electrons. The van der Waals surface area contributed by atoms with Crippen LogP contribution in [-0.2, 0) is 8.88 Å². The SMILES string of the molecule is O=[P+](OP1Oc2ccccc2-c2ccccc21)c1ccccc1-c1ccccc1O. The second-order valence-electron chi connectivity index (χ2n) is 6.73. The molecule has 0 amide bonds. The third-order valence-corrected chi connectivity index (χ3v) is 8.02. The summed E-state index contributed by atoms with van der Waals surface area (Å²) >= 11 is 0. The maximum Gasteiger partial charge on any atom is 0.556 e. The van der Waals surface area contributed by atoms with E-state index < -0.39 is 16.4 Å². The van der Waals surface area contributed by atoms with Gasteiger partial charge in [-0.15, -0.1) is 0 Å². The fraction of sp³-hybridized carbons (Fsp3) is 0. The maximum atomic E-state index is 13.3. The normalized spacial score (nSPS) is 14.9. The minimum absolute atomic E-state index is 0.132. The van der Waals surface area contributed by atoms with Crippen molar-refractivity contribution in [3.63, 3.8) is 0 Å². The fourth-order valence-electron chi connectivity index (χ4n) is 3.50. The van der Waals surface area contributed by atoms with Crippen LogP contribution in [0.15, 0.2) is 97.1 Å². The Balaban J connectivity index is 1.51. The van der Waals surface area contributed by atoms with Gasteiger partial charge in [0.05, 0.1) is 5.30 Å². The Bertz CT molecular complexity index is 1260. The number of hydrogen-bond donors (Lipinski definition) is 1. The van der Waals surface area contributed by atoms with E-state index in [1.807, 2.05) is 72.8 Å². The van der Waals surface area contributed by atoms with Gasteiger partial charge in [0.25, 0.3) is 0 Å². The lowest BCUT2D eigenvalue weighted by molar-refractivity contribution is 0.477. The van der Waals surface area contributed by atoms with Gasteiger partial charge in [-0.2, -0.15) is 0 Å². The molecule has 0 aromatic heterocycles. The van der Waals surface area contributed by atoms with E-state index in [4.69, 9.17) is 8.83 Å². The summed E-state index contributed by atoms with van der Waals surface area (Å²) in [6, 6.07) is 29.9. The molecule has 4 aromatic carbocycles. The van der Waals surface area contributed by atoms with Crippen LogP contribution >= 0.6 is 16.4 Å². The first-order valence-electron chi connectivity index (χ1n) is 9.41. The second-order valence-corrected chi connectivity index (χ2v) is 9.56. The summed E-state index contributed by atoms with van der Waals surface area (Å²) in [5.74, 6) is 0.854. The van der Waals surface area contributed by atoms with Crippen molar-refractivity contribution in [3.05, 3.63) is 97.1 Å². The zero-order valence-electron chi connectivity index (χ0n) is 15.8. The average molecular weight is 431 g/mol. The summed E-state index contributed by atoms with van der Waals surface area (Å²) in [6.45, 7) is 0. The van der Waals surface area contributed by atoms with E-state index in [1.165, 1.54) is 0 Å². The molecule has 2 unspecified atom stereocenters. The van der Waals surface area contributed by atoms with Crippen molar-refractivity contribution < 1.29 is 18.5 Å². The van der Waals surface area contributed by atoms with E-state index in [1.54, 1.807) is 24.3 Å². The monoisotopic (exact) mass is 431 g/mol. The zero-order chi connectivity index (χ0) is 20.5. The summed E-state index contributed by atoms with van der Waals surface area (Å²) in [5, 5.41) is 11.7. The first-order valence-corrected chi connectivity index (χ1v) is 11.8. The van der Waals surface area contributed by atoms with Crippen molar-refractivity contribution in [2.24, 2.45) is 0 Å². The van der Waals surface area contributed by atoms with Crippen molar-refractivity contribution in [3.8, 4) is 33.8 Å². The van der Waals surface area contributed by atoms with Crippen molar-refractivity contribution in [1.82, 2.24) is 0 Å². The number of hydrogen-bond acceptors (Lipinski definition) is 4. The molecule has 0 spiro atoms. The van der Waals surface area contributed by atoms with Crippen molar-refractivity contribution in [1.29, 1.82) is 0 Å². The molecule has 0 saturated carbocycles. The van der Waals surface area contributed by atoms with E-state index in [2.05, 4.69) is 0 Å². The molecule has 0 fully saturated rings. The van der Waals surface area contributed by atoms with Gasteiger partial charge in [0, 0.05) is 16.7 Å². The first kappa shape index (κ1) is 19.0. The largest absolute Gasteiger partial charge is 0.556 e. The van der Waals surface area contributed by atoms with E-state index >= 15 is 0 Å². The van der Waals surface area contributed by atoms with Gasteiger partial charge < -0.3 is 9.63 Å². The van der Waals surface area contributed by atoms with Crippen molar-refractivity contribution in [2.45, 2.75) is 0 Å². The lowest BCUT2D eigenvalue weighted by atomic mass is 10.0. The van der Waals surface area contributed by atoms with Gasteiger partial charge in [0.2, 0.25) is 5.30 Å². The minimum atomic E-state index is -2.23. The molecule has 1 aliphatic rings. The molecule has 1 aliphatic heterocycles. The number of phenols is 1. The van der Waals surface area contributed by atoms with E-state index in [0.29, 0.717) is 16.4 Å². The van der Waals surface area contributed by atoms with E-state index in [9.17, 15) is 9.67 Å². The summed E-state index contributed by atoms with van der Waals surface area (Å²) in [6.07, 6.45) is 0. The van der Waals surface area contributed by atoms with Crippen LogP contribution in [0, 0.1) is 0 Å². The smallest absolute Gasteiger partial charge is 0.507 e. The molecule has 1 N–H and O–H groups in total. The third kappa shape index (κ3) is 3.40. The fourth-order valence-corrected chi connectivity index (χ4v) is 6.51. The first-order chi connectivity index (χ1) is 14.7. The van der Waals surface area contributed by atoms with E-state index in [-0.39, 0.29) is 5.75 Å². The molecule has 30 heavy (non-hydrogen) atoms. The molecule has 2 atom stereocenters. The van der Waals surface area contributed by atoms with Crippen LogP contribution in [0.25, 0.3) is 22.3 Å². The minimum Gasteiger partial charge on any atom is -0.507 e. The predicted octanol–water partition coefficient (Wildman–Crippen LogP) is 6.14. The van der Waals surface area contributed by atoms with Gasteiger partial charge in [0.15, 0.2) is 0 Å². The number of para-hydroxylation sites is 2. The number of benzene rings is 4. The summed E-state index contributed by atoms with van der Waals surface area (Å²) in [5.41, 5.74) is 3.32. The number of phenolic OH excluding ortho intramolecular Hbond substituents is 1. The molecule has 6 heteroatoms. The Morgan fingerprint density at radius 1 is 0.700 bits per heavy atom. The highest BCUT2D eigenvalue weighted by atomic mass is 31.2. The van der Waals surface area contributed by atoms with Crippen molar-refractivity contribution >= 4 is 27.0 Å². The second kappa shape index (κ2) is 8.01. The van der Waals surface area contributed by atoms with Crippen LogP contribution in [-0.4, -0.2) is 5.11 Å². The summed E-state index contributed by atoms with van der Waals surface area (Å²) in [7, 11) is -3.80. The predicted molar refractivity (Wildman–Crippen MR) is 121 cm³/mol. The molecule has 4 nitrogen and oxygen atoms in total. The molecule has 0 aliphatic carbocycles. The number of rotatable bonds is 4. The van der Waals surface area contributed by atoms with Crippen LogP contribution in [0.3, 0.4) is 0 Å². The molecule has 1 heterocycles. The highest BCUT2D eigenvalue weighted by Gasteiger charge is 2.38. The van der Waals surface area contributed by atoms with Crippen LogP contribution < -0.4 is 15.1 Å². The van der Waals surface area contributed by atoms with E-state index in [0.717, 1.165) is 22.2 Å². The molecular formula is C24H17O4P2+. The third-order valence-electron chi connectivity index (χ3n) is 4.90. The Hall–Kier alpha value is -3.03. The molecule has 5 rings (SSSR count). The van der Waals surface area contributed by atoms with Gasteiger partial charge in [-0.05, 0) is 40.5 Å².